The van der Waals surface area contributed by atoms with E-state index in [-0.39, 0.29) is 18.0 Å². The predicted octanol–water partition coefficient (Wildman–Crippen LogP) is 4.48. The first-order chi connectivity index (χ1) is 11.4. The maximum Gasteiger partial charge on any atom is 0.417 e. The molecule has 128 valence electrons. The van der Waals surface area contributed by atoms with Gasteiger partial charge in [0.15, 0.2) is 0 Å². The van der Waals surface area contributed by atoms with Crippen LogP contribution >= 0.6 is 11.6 Å². The Morgan fingerprint density at radius 2 is 1.79 bits per heavy atom. The lowest BCUT2D eigenvalue weighted by Crippen LogP contribution is -2.21. The van der Waals surface area contributed by atoms with Crippen molar-refractivity contribution in [1.29, 1.82) is 0 Å². The number of benzene rings is 2. The van der Waals surface area contributed by atoms with Crippen LogP contribution in [0.2, 0.25) is 5.02 Å². The summed E-state index contributed by atoms with van der Waals surface area (Å²) in [4.78, 5) is 11.8. The summed E-state index contributed by atoms with van der Waals surface area (Å²) >= 11 is 5.54. The maximum absolute atomic E-state index is 12.8. The van der Waals surface area contributed by atoms with Gasteiger partial charge in [-0.1, -0.05) is 41.9 Å². The lowest BCUT2D eigenvalue weighted by atomic mass is 10.2. The average molecular weight is 357 g/mol. The fourth-order valence-corrected chi connectivity index (χ4v) is 2.30. The van der Waals surface area contributed by atoms with Crippen LogP contribution in [0.1, 0.15) is 17.5 Å². The molecule has 0 fully saturated rings. The topological polar surface area (TPSA) is 41.1 Å². The van der Waals surface area contributed by atoms with E-state index in [0.717, 1.165) is 17.7 Å². The summed E-state index contributed by atoms with van der Waals surface area (Å²) < 4.78 is 38.3. The number of amides is 1. The van der Waals surface area contributed by atoms with Crippen LogP contribution in [0.4, 0.5) is 18.9 Å². The highest BCUT2D eigenvalue weighted by molar-refractivity contribution is 6.31. The summed E-state index contributed by atoms with van der Waals surface area (Å²) in [5.74, 6) is -0.369. The fraction of sp³-hybridized carbons (Fsp3) is 0.235. The van der Waals surface area contributed by atoms with Crippen LogP contribution < -0.4 is 10.6 Å². The quantitative estimate of drug-likeness (QED) is 0.749. The first-order valence-electron chi connectivity index (χ1n) is 7.27. The Labute approximate surface area is 142 Å². The van der Waals surface area contributed by atoms with Gasteiger partial charge >= 0.3 is 6.18 Å². The maximum atomic E-state index is 12.8. The number of nitrogens with one attached hydrogen (secondary N) is 2. The van der Waals surface area contributed by atoms with E-state index in [1.807, 2.05) is 30.3 Å². The molecule has 3 nitrogen and oxygen atoms in total. The van der Waals surface area contributed by atoms with E-state index in [1.165, 1.54) is 6.07 Å². The minimum atomic E-state index is -4.56. The Morgan fingerprint density at radius 1 is 1.08 bits per heavy atom. The van der Waals surface area contributed by atoms with E-state index in [1.54, 1.807) is 0 Å². The molecule has 2 rings (SSSR count). The summed E-state index contributed by atoms with van der Waals surface area (Å²) in [6, 6.07) is 13.0. The second-order valence-electron chi connectivity index (χ2n) is 5.15. The summed E-state index contributed by atoms with van der Waals surface area (Å²) in [7, 11) is 0. The average Bonchev–Trinajstić information content (AvgIpc) is 2.53. The largest absolute Gasteiger partial charge is 0.417 e. The van der Waals surface area contributed by atoms with Crippen LogP contribution in [-0.2, 0) is 17.5 Å². The predicted molar refractivity (Wildman–Crippen MR) is 87.8 cm³/mol. The normalized spacial score (nSPS) is 11.3. The van der Waals surface area contributed by atoms with Crippen LogP contribution in [0, 0.1) is 0 Å². The minimum absolute atomic E-state index is 0.0692. The third kappa shape index (κ3) is 5.54. The third-order valence-electron chi connectivity index (χ3n) is 3.26. The number of rotatable bonds is 6. The molecular weight excluding hydrogens is 341 g/mol. The SMILES string of the molecule is O=C(CCNCc1ccccc1)Nc1ccc(Cl)c(C(F)(F)F)c1. The first-order valence-corrected chi connectivity index (χ1v) is 7.65. The van der Waals surface area contributed by atoms with E-state index in [2.05, 4.69) is 10.6 Å². The van der Waals surface area contributed by atoms with Crippen molar-refractivity contribution in [2.45, 2.75) is 19.1 Å². The highest BCUT2D eigenvalue weighted by atomic mass is 35.5. The van der Waals surface area contributed by atoms with Crippen molar-refractivity contribution in [2.75, 3.05) is 11.9 Å². The standard InChI is InChI=1S/C17H16ClF3N2O/c18-15-7-6-13(10-14(15)17(19,20)21)23-16(24)8-9-22-11-12-4-2-1-3-5-12/h1-7,10,22H,8-9,11H2,(H,23,24). The van der Waals surface area contributed by atoms with Crippen LogP contribution in [0.15, 0.2) is 48.5 Å². The van der Waals surface area contributed by atoms with E-state index < -0.39 is 16.8 Å². The number of carbonyl (C=O) groups excluding carboxylic acids is 1. The highest BCUT2D eigenvalue weighted by Gasteiger charge is 2.33. The van der Waals surface area contributed by atoms with Gasteiger partial charge < -0.3 is 10.6 Å². The van der Waals surface area contributed by atoms with Crippen LogP contribution in [0.25, 0.3) is 0 Å². The minimum Gasteiger partial charge on any atom is -0.326 e. The van der Waals surface area contributed by atoms with Gasteiger partial charge in [-0.25, -0.2) is 0 Å². The van der Waals surface area contributed by atoms with Crippen LogP contribution in [0.3, 0.4) is 0 Å². The van der Waals surface area contributed by atoms with Crippen LogP contribution in [0.5, 0.6) is 0 Å². The van der Waals surface area contributed by atoms with Gasteiger partial charge in [0, 0.05) is 25.2 Å². The van der Waals surface area contributed by atoms with E-state index in [9.17, 15) is 18.0 Å². The van der Waals surface area contributed by atoms with Gasteiger partial charge in [0.1, 0.15) is 0 Å². The number of hydrogen-bond donors (Lipinski definition) is 2. The van der Waals surface area contributed by atoms with Gasteiger partial charge in [-0.3, -0.25) is 4.79 Å². The Bertz CT molecular complexity index is 690. The number of anilines is 1. The molecule has 0 spiro atoms. The van der Waals surface area contributed by atoms with Crippen molar-refractivity contribution in [3.8, 4) is 0 Å². The Kier molecular flexibility index (Phi) is 6.23. The van der Waals surface area contributed by atoms with Crippen molar-refractivity contribution in [1.82, 2.24) is 5.32 Å². The van der Waals surface area contributed by atoms with E-state index in [0.29, 0.717) is 13.1 Å². The summed E-state index contributed by atoms with van der Waals surface area (Å²) in [6.45, 7) is 1.04. The van der Waals surface area contributed by atoms with Gasteiger partial charge in [0.05, 0.1) is 10.6 Å². The Hall–Kier alpha value is -2.05. The molecular formula is C17H16ClF3N2O. The second-order valence-corrected chi connectivity index (χ2v) is 5.56. The lowest BCUT2D eigenvalue weighted by Gasteiger charge is -2.12. The van der Waals surface area contributed by atoms with E-state index in [4.69, 9.17) is 11.6 Å². The summed E-state index contributed by atoms with van der Waals surface area (Å²) in [5.41, 5.74) is 0.189. The van der Waals surface area contributed by atoms with Crippen molar-refractivity contribution in [3.05, 3.63) is 64.7 Å². The molecule has 0 unspecified atom stereocenters. The molecule has 2 N–H and O–H groups in total. The monoisotopic (exact) mass is 356 g/mol. The number of halogens is 4. The Balaban J connectivity index is 1.82. The molecule has 0 aliphatic carbocycles. The number of alkyl halides is 3. The molecule has 0 aliphatic heterocycles. The molecule has 0 heterocycles. The molecule has 1 amide bonds. The van der Waals surface area contributed by atoms with Crippen molar-refractivity contribution < 1.29 is 18.0 Å². The zero-order chi connectivity index (χ0) is 17.6. The smallest absolute Gasteiger partial charge is 0.326 e. The lowest BCUT2D eigenvalue weighted by molar-refractivity contribution is -0.137. The molecule has 0 bridgehead atoms. The van der Waals surface area contributed by atoms with Gasteiger partial charge in [0.25, 0.3) is 0 Å². The second kappa shape index (κ2) is 8.17. The fourth-order valence-electron chi connectivity index (χ4n) is 2.07. The zero-order valence-corrected chi connectivity index (χ0v) is 13.4. The highest BCUT2D eigenvalue weighted by Crippen LogP contribution is 2.36. The van der Waals surface area contributed by atoms with Crippen molar-refractivity contribution in [2.24, 2.45) is 0 Å². The third-order valence-corrected chi connectivity index (χ3v) is 3.59. The van der Waals surface area contributed by atoms with Gasteiger partial charge in [0.2, 0.25) is 5.91 Å². The molecule has 7 heteroatoms. The summed E-state index contributed by atoms with van der Waals surface area (Å²) in [6.07, 6.45) is -4.41. The number of carbonyl (C=O) groups is 1. The molecule has 0 radical (unpaired) electrons. The molecule has 0 atom stereocenters. The van der Waals surface area contributed by atoms with Gasteiger partial charge in [-0.2, -0.15) is 13.2 Å². The molecule has 2 aromatic carbocycles. The van der Waals surface area contributed by atoms with E-state index >= 15 is 0 Å². The van der Waals surface area contributed by atoms with Crippen molar-refractivity contribution in [3.63, 3.8) is 0 Å². The molecule has 0 saturated carbocycles. The molecule has 24 heavy (non-hydrogen) atoms. The first kappa shape index (κ1) is 18.3. The Morgan fingerprint density at radius 3 is 2.46 bits per heavy atom. The zero-order valence-electron chi connectivity index (χ0n) is 12.7. The molecule has 2 aromatic rings. The number of hydrogen-bond acceptors (Lipinski definition) is 2. The van der Waals surface area contributed by atoms with Gasteiger partial charge in [-0.05, 0) is 23.8 Å². The summed E-state index contributed by atoms with van der Waals surface area (Å²) in [5, 5.41) is 5.15. The van der Waals surface area contributed by atoms with Crippen molar-refractivity contribution >= 4 is 23.2 Å². The molecule has 0 saturated heterocycles. The molecule has 0 aromatic heterocycles. The van der Waals surface area contributed by atoms with Gasteiger partial charge in [-0.15, -0.1) is 0 Å². The van der Waals surface area contributed by atoms with Crippen LogP contribution in [-0.4, -0.2) is 12.5 Å². The molecule has 0 aliphatic rings.